The zero-order valence-corrected chi connectivity index (χ0v) is 13.6. The maximum Gasteiger partial charge on any atom is 0.277 e. The van der Waals surface area contributed by atoms with Crippen LogP contribution in [0.4, 0.5) is 5.69 Å². The fraction of sp³-hybridized carbons (Fsp3) is 0.222. The maximum absolute atomic E-state index is 11.7. The second-order valence-electron chi connectivity index (χ2n) is 5.38. The summed E-state index contributed by atoms with van der Waals surface area (Å²) in [5, 5.41) is 3.92. The summed E-state index contributed by atoms with van der Waals surface area (Å²) in [6, 6.07) is 15.4. The molecule has 23 heavy (non-hydrogen) atoms. The number of nitrogens with one attached hydrogen (secondary N) is 1. The number of hydrazone groups is 1. The van der Waals surface area contributed by atoms with Crippen molar-refractivity contribution in [3.63, 3.8) is 0 Å². The Morgan fingerprint density at radius 3 is 2.39 bits per heavy atom. The summed E-state index contributed by atoms with van der Waals surface area (Å²) < 4.78 is 5.38. The number of rotatable bonds is 6. The molecule has 0 aliphatic carbocycles. The van der Waals surface area contributed by atoms with Gasteiger partial charge in [-0.25, -0.2) is 5.43 Å². The van der Waals surface area contributed by atoms with Gasteiger partial charge in [-0.05, 0) is 36.8 Å². The zero-order valence-electron chi connectivity index (χ0n) is 13.6. The van der Waals surface area contributed by atoms with Gasteiger partial charge in [0.25, 0.3) is 5.91 Å². The molecule has 2 rings (SSSR count). The Labute approximate surface area is 136 Å². The number of anilines is 1. The molecule has 0 bridgehead atoms. The monoisotopic (exact) mass is 311 g/mol. The fourth-order valence-corrected chi connectivity index (χ4v) is 1.85. The number of amides is 1. The van der Waals surface area contributed by atoms with Gasteiger partial charge >= 0.3 is 0 Å². The molecule has 0 atom stereocenters. The highest BCUT2D eigenvalue weighted by molar-refractivity contribution is 5.83. The lowest BCUT2D eigenvalue weighted by Crippen LogP contribution is -2.24. The molecule has 0 aliphatic rings. The zero-order chi connectivity index (χ0) is 16.7. The van der Waals surface area contributed by atoms with Crippen molar-refractivity contribution in [1.82, 2.24) is 5.43 Å². The van der Waals surface area contributed by atoms with Crippen LogP contribution in [0.2, 0.25) is 0 Å². The van der Waals surface area contributed by atoms with E-state index in [0.29, 0.717) is 5.75 Å². The molecule has 120 valence electrons. The lowest BCUT2D eigenvalue weighted by molar-refractivity contribution is -0.123. The average molecular weight is 311 g/mol. The summed E-state index contributed by atoms with van der Waals surface area (Å²) in [5.74, 6) is 0.362. The number of carbonyl (C=O) groups excluding carboxylic acids is 1. The van der Waals surface area contributed by atoms with Crippen LogP contribution in [0.25, 0.3) is 0 Å². The minimum absolute atomic E-state index is 0.0695. The molecule has 0 radical (unpaired) electrons. The minimum Gasteiger partial charge on any atom is -0.484 e. The van der Waals surface area contributed by atoms with Crippen molar-refractivity contribution in [2.24, 2.45) is 5.10 Å². The second-order valence-corrected chi connectivity index (χ2v) is 5.38. The van der Waals surface area contributed by atoms with Gasteiger partial charge in [-0.2, -0.15) is 5.10 Å². The van der Waals surface area contributed by atoms with E-state index < -0.39 is 0 Å². The van der Waals surface area contributed by atoms with Crippen molar-refractivity contribution in [3.05, 3.63) is 59.7 Å². The molecular weight excluding hydrogens is 290 g/mol. The second kappa shape index (κ2) is 7.98. The van der Waals surface area contributed by atoms with E-state index in [9.17, 15) is 4.79 Å². The van der Waals surface area contributed by atoms with Crippen molar-refractivity contribution in [2.75, 3.05) is 25.6 Å². The highest BCUT2D eigenvalue weighted by atomic mass is 16.5. The maximum atomic E-state index is 11.7. The Hall–Kier alpha value is -2.82. The van der Waals surface area contributed by atoms with Gasteiger partial charge in [-0.1, -0.05) is 29.8 Å². The van der Waals surface area contributed by atoms with Gasteiger partial charge in [0, 0.05) is 19.8 Å². The number of benzene rings is 2. The third-order valence-electron chi connectivity index (χ3n) is 3.20. The Bertz CT molecular complexity index is 662. The lowest BCUT2D eigenvalue weighted by Gasteiger charge is -2.11. The standard InChI is InChI=1S/C18H21N3O2/c1-14-4-10-17(11-5-14)23-13-18(22)20-19-12-15-6-8-16(9-7-15)21(2)3/h4-12H,13H2,1-3H3,(H,20,22)/b19-12+. The SMILES string of the molecule is Cc1ccc(OCC(=O)N/N=C/c2ccc(N(C)C)cc2)cc1. The van der Waals surface area contributed by atoms with Crippen LogP contribution in [0.5, 0.6) is 5.75 Å². The van der Waals surface area contributed by atoms with Gasteiger partial charge in [0.05, 0.1) is 6.21 Å². The van der Waals surface area contributed by atoms with Crippen LogP contribution in [0.15, 0.2) is 53.6 Å². The van der Waals surface area contributed by atoms with Gasteiger partial charge in [0.2, 0.25) is 0 Å². The molecular formula is C18H21N3O2. The van der Waals surface area contributed by atoms with Gasteiger partial charge in [0.15, 0.2) is 6.61 Å². The number of carbonyl (C=O) groups is 1. The fourth-order valence-electron chi connectivity index (χ4n) is 1.85. The molecule has 5 nitrogen and oxygen atoms in total. The summed E-state index contributed by atoms with van der Waals surface area (Å²) in [6.07, 6.45) is 1.60. The number of ether oxygens (including phenoxy) is 1. The van der Waals surface area contributed by atoms with Crippen molar-refractivity contribution in [3.8, 4) is 5.75 Å². The van der Waals surface area contributed by atoms with E-state index in [0.717, 1.165) is 16.8 Å². The molecule has 0 heterocycles. The van der Waals surface area contributed by atoms with E-state index in [-0.39, 0.29) is 12.5 Å². The van der Waals surface area contributed by atoms with Crippen molar-refractivity contribution >= 4 is 17.8 Å². The Morgan fingerprint density at radius 2 is 1.78 bits per heavy atom. The van der Waals surface area contributed by atoms with Crippen LogP contribution in [-0.2, 0) is 4.79 Å². The van der Waals surface area contributed by atoms with E-state index in [1.54, 1.807) is 6.21 Å². The molecule has 0 aromatic heterocycles. The topological polar surface area (TPSA) is 53.9 Å². The summed E-state index contributed by atoms with van der Waals surface area (Å²) in [7, 11) is 3.97. The summed E-state index contributed by atoms with van der Waals surface area (Å²) in [5.41, 5.74) is 5.61. The van der Waals surface area contributed by atoms with E-state index in [1.165, 1.54) is 0 Å². The van der Waals surface area contributed by atoms with Gasteiger partial charge in [-0.3, -0.25) is 4.79 Å². The molecule has 2 aromatic rings. The van der Waals surface area contributed by atoms with Crippen molar-refractivity contribution < 1.29 is 9.53 Å². The quantitative estimate of drug-likeness (QED) is 0.659. The van der Waals surface area contributed by atoms with Crippen LogP contribution in [-0.4, -0.2) is 32.8 Å². The normalized spacial score (nSPS) is 10.6. The van der Waals surface area contributed by atoms with Crippen molar-refractivity contribution in [1.29, 1.82) is 0 Å². The lowest BCUT2D eigenvalue weighted by atomic mass is 10.2. The molecule has 5 heteroatoms. The van der Waals surface area contributed by atoms with Gasteiger partial charge in [0.1, 0.15) is 5.75 Å². The average Bonchev–Trinajstić information content (AvgIpc) is 2.55. The third kappa shape index (κ3) is 5.47. The molecule has 0 saturated heterocycles. The Morgan fingerprint density at radius 1 is 1.13 bits per heavy atom. The molecule has 0 fully saturated rings. The number of aryl methyl sites for hydroxylation is 1. The smallest absolute Gasteiger partial charge is 0.277 e. The molecule has 1 amide bonds. The van der Waals surface area contributed by atoms with Crippen molar-refractivity contribution in [2.45, 2.75) is 6.92 Å². The first-order valence-electron chi connectivity index (χ1n) is 7.33. The highest BCUT2D eigenvalue weighted by Crippen LogP contribution is 2.11. The Balaban J connectivity index is 1.78. The van der Waals surface area contributed by atoms with Gasteiger partial charge in [-0.15, -0.1) is 0 Å². The van der Waals surface area contributed by atoms with Crippen LogP contribution in [0.1, 0.15) is 11.1 Å². The predicted octanol–water partition coefficient (Wildman–Crippen LogP) is 2.59. The predicted molar refractivity (Wildman–Crippen MR) is 93.2 cm³/mol. The van der Waals surface area contributed by atoms with E-state index in [4.69, 9.17) is 4.74 Å². The summed E-state index contributed by atoms with van der Waals surface area (Å²) >= 11 is 0. The first-order chi connectivity index (χ1) is 11.0. The minimum atomic E-state index is -0.299. The van der Waals surface area contributed by atoms with E-state index in [1.807, 2.05) is 74.4 Å². The molecule has 0 spiro atoms. The summed E-state index contributed by atoms with van der Waals surface area (Å²) in [6.45, 7) is 1.93. The van der Waals surface area contributed by atoms with Crippen LogP contribution in [0.3, 0.4) is 0 Å². The Kier molecular flexibility index (Phi) is 5.74. The molecule has 0 unspecified atom stereocenters. The number of hydrogen-bond donors (Lipinski definition) is 1. The molecule has 1 N–H and O–H groups in total. The van der Waals surface area contributed by atoms with E-state index in [2.05, 4.69) is 10.5 Å². The first kappa shape index (κ1) is 16.5. The van der Waals surface area contributed by atoms with Crippen LogP contribution in [0, 0.1) is 6.92 Å². The van der Waals surface area contributed by atoms with Crippen LogP contribution < -0.4 is 15.1 Å². The number of hydrogen-bond acceptors (Lipinski definition) is 4. The molecule has 0 aliphatic heterocycles. The third-order valence-corrected chi connectivity index (χ3v) is 3.20. The van der Waals surface area contributed by atoms with E-state index >= 15 is 0 Å². The largest absolute Gasteiger partial charge is 0.484 e. The highest BCUT2D eigenvalue weighted by Gasteiger charge is 2.01. The van der Waals surface area contributed by atoms with Crippen LogP contribution >= 0.6 is 0 Å². The molecule has 2 aromatic carbocycles. The summed E-state index contributed by atoms with van der Waals surface area (Å²) in [4.78, 5) is 13.7. The van der Waals surface area contributed by atoms with Gasteiger partial charge < -0.3 is 9.64 Å². The number of nitrogens with zero attached hydrogens (tertiary/aromatic N) is 2. The molecule has 0 saturated carbocycles. The first-order valence-corrected chi connectivity index (χ1v) is 7.33.